The van der Waals surface area contributed by atoms with Gasteiger partial charge < -0.3 is 5.11 Å². The molecule has 1 heterocycles. The average molecular weight is 454 g/mol. The van der Waals surface area contributed by atoms with Crippen LogP contribution in [0.4, 0.5) is 4.39 Å². The zero-order valence-corrected chi connectivity index (χ0v) is 18.7. The fourth-order valence-electron chi connectivity index (χ4n) is 4.26. The molecule has 0 aliphatic rings. The second kappa shape index (κ2) is 10.2. The van der Waals surface area contributed by atoms with Gasteiger partial charge in [0.25, 0.3) is 0 Å². The van der Waals surface area contributed by atoms with Gasteiger partial charge in [0.2, 0.25) is 0 Å². The van der Waals surface area contributed by atoms with Gasteiger partial charge in [0.15, 0.2) is 0 Å². The van der Waals surface area contributed by atoms with Gasteiger partial charge in [0.05, 0.1) is 5.56 Å². The topological polar surface area (TPSA) is 67.3 Å². The van der Waals surface area contributed by atoms with Gasteiger partial charge >= 0.3 is 5.97 Å². The van der Waals surface area contributed by atoms with Crippen molar-refractivity contribution in [3.63, 3.8) is 0 Å². The van der Waals surface area contributed by atoms with Crippen molar-refractivity contribution in [2.24, 2.45) is 0 Å². The molecule has 0 amide bonds. The van der Waals surface area contributed by atoms with Crippen molar-refractivity contribution in [2.75, 3.05) is 0 Å². The minimum atomic E-state index is -1.28. The number of carbonyl (C=O) groups is 2. The molecule has 0 saturated heterocycles. The summed E-state index contributed by atoms with van der Waals surface area (Å²) in [5.74, 6) is -1.99. The normalized spacial score (nSPS) is 11.7. The summed E-state index contributed by atoms with van der Waals surface area (Å²) in [6.45, 7) is 1.96. The van der Waals surface area contributed by atoms with E-state index in [0.29, 0.717) is 11.1 Å². The fraction of sp³-hybridized carbons (Fsp3) is 0.138. The molecule has 0 radical (unpaired) electrons. The lowest BCUT2D eigenvalue weighted by Gasteiger charge is -2.20. The number of aromatic carboxylic acids is 1. The van der Waals surface area contributed by atoms with Gasteiger partial charge in [-0.1, -0.05) is 54.6 Å². The Morgan fingerprint density at radius 2 is 1.74 bits per heavy atom. The Morgan fingerprint density at radius 1 is 1.00 bits per heavy atom. The molecular weight excluding hydrogens is 429 g/mol. The molecule has 0 spiro atoms. The van der Waals surface area contributed by atoms with Gasteiger partial charge in [0.1, 0.15) is 12.1 Å². The Balaban J connectivity index is 1.57. The molecule has 3 aromatic carbocycles. The molecule has 0 fully saturated rings. The zero-order chi connectivity index (χ0) is 24.1. The predicted octanol–water partition coefficient (Wildman–Crippen LogP) is 6.47. The molecule has 0 saturated carbocycles. The maximum atomic E-state index is 14.1. The predicted molar refractivity (Wildman–Crippen MR) is 130 cm³/mol. The maximum absolute atomic E-state index is 14.1. The number of aldehydes is 1. The van der Waals surface area contributed by atoms with Gasteiger partial charge in [-0.3, -0.25) is 9.78 Å². The quantitative estimate of drug-likeness (QED) is 0.311. The van der Waals surface area contributed by atoms with Crippen molar-refractivity contribution in [2.45, 2.75) is 25.7 Å². The molecule has 1 N–H and O–H groups in total. The Morgan fingerprint density at radius 3 is 2.41 bits per heavy atom. The Labute approximate surface area is 197 Å². The van der Waals surface area contributed by atoms with E-state index in [2.05, 4.69) is 11.1 Å². The molecule has 1 unspecified atom stereocenters. The molecule has 4 rings (SSSR count). The third-order valence-corrected chi connectivity index (χ3v) is 6.03. The number of hydrogen-bond acceptors (Lipinski definition) is 3. The number of benzene rings is 3. The lowest BCUT2D eigenvalue weighted by Crippen LogP contribution is -2.07. The Hall–Kier alpha value is -4.12. The van der Waals surface area contributed by atoms with E-state index < -0.39 is 11.8 Å². The van der Waals surface area contributed by atoms with Crippen molar-refractivity contribution in [1.29, 1.82) is 0 Å². The van der Waals surface area contributed by atoms with Crippen LogP contribution in [0.25, 0.3) is 11.1 Å². The van der Waals surface area contributed by atoms with Crippen LogP contribution < -0.4 is 0 Å². The van der Waals surface area contributed by atoms with Crippen molar-refractivity contribution < 1.29 is 19.1 Å². The monoisotopic (exact) mass is 453 g/mol. The lowest BCUT2D eigenvalue weighted by atomic mass is 9.84. The fourth-order valence-corrected chi connectivity index (χ4v) is 4.26. The highest BCUT2D eigenvalue weighted by Crippen LogP contribution is 2.32. The van der Waals surface area contributed by atoms with E-state index in [1.165, 1.54) is 12.1 Å². The summed E-state index contributed by atoms with van der Waals surface area (Å²) >= 11 is 0. The van der Waals surface area contributed by atoms with E-state index in [1.807, 2.05) is 61.5 Å². The SMILES string of the molecule is Cc1cc(C(CCc2ccc(-c3ccc(C(=O)O)c(F)c3)cc2)c2ccccc2C=O)ccn1. The number of hydrogen-bond donors (Lipinski definition) is 1. The molecule has 170 valence electrons. The van der Waals surface area contributed by atoms with Crippen LogP contribution >= 0.6 is 0 Å². The number of nitrogens with zero attached hydrogens (tertiary/aromatic N) is 1. The lowest BCUT2D eigenvalue weighted by molar-refractivity contribution is 0.0691. The van der Waals surface area contributed by atoms with Gasteiger partial charge in [-0.05, 0) is 71.8 Å². The number of halogens is 1. The van der Waals surface area contributed by atoms with E-state index in [0.717, 1.165) is 47.1 Å². The first-order chi connectivity index (χ1) is 16.5. The van der Waals surface area contributed by atoms with Crippen LogP contribution in [0.1, 0.15) is 55.4 Å². The molecule has 0 bridgehead atoms. The highest BCUT2D eigenvalue weighted by atomic mass is 19.1. The van der Waals surface area contributed by atoms with Crippen LogP contribution in [-0.2, 0) is 6.42 Å². The first kappa shape index (κ1) is 23.1. The van der Waals surface area contributed by atoms with Crippen LogP contribution in [0.15, 0.2) is 85.1 Å². The second-order valence-electron chi connectivity index (χ2n) is 8.27. The zero-order valence-electron chi connectivity index (χ0n) is 18.7. The van der Waals surface area contributed by atoms with Crippen molar-refractivity contribution in [3.8, 4) is 11.1 Å². The minimum Gasteiger partial charge on any atom is -0.478 e. The highest BCUT2D eigenvalue weighted by molar-refractivity contribution is 5.88. The van der Waals surface area contributed by atoms with Crippen molar-refractivity contribution in [3.05, 3.63) is 124 Å². The molecule has 0 aliphatic heterocycles. The molecule has 34 heavy (non-hydrogen) atoms. The molecule has 5 heteroatoms. The number of aryl methyl sites for hydroxylation is 2. The smallest absolute Gasteiger partial charge is 0.338 e. The van der Waals surface area contributed by atoms with Crippen LogP contribution in [0.3, 0.4) is 0 Å². The molecule has 1 atom stereocenters. The summed E-state index contributed by atoms with van der Waals surface area (Å²) in [6, 6.07) is 23.7. The number of rotatable bonds is 8. The number of pyridine rings is 1. The summed E-state index contributed by atoms with van der Waals surface area (Å²) < 4.78 is 14.1. The summed E-state index contributed by atoms with van der Waals surface area (Å²) in [6.07, 6.45) is 4.28. The average Bonchev–Trinajstić information content (AvgIpc) is 2.84. The third kappa shape index (κ3) is 5.09. The van der Waals surface area contributed by atoms with E-state index in [4.69, 9.17) is 5.11 Å². The van der Waals surface area contributed by atoms with Gasteiger partial charge in [-0.25, -0.2) is 9.18 Å². The Kier molecular flexibility index (Phi) is 6.93. The van der Waals surface area contributed by atoms with Crippen LogP contribution in [0, 0.1) is 12.7 Å². The number of carboxylic acid groups (broad SMARTS) is 1. The highest BCUT2D eigenvalue weighted by Gasteiger charge is 2.18. The minimum absolute atomic E-state index is 0.0421. The number of carboxylic acids is 1. The van der Waals surface area contributed by atoms with E-state index in [9.17, 15) is 14.0 Å². The Bertz CT molecular complexity index is 1330. The van der Waals surface area contributed by atoms with E-state index in [1.54, 1.807) is 12.3 Å². The molecule has 1 aromatic heterocycles. The summed E-state index contributed by atoms with van der Waals surface area (Å²) in [7, 11) is 0. The summed E-state index contributed by atoms with van der Waals surface area (Å²) in [5.41, 5.74) is 5.94. The summed E-state index contributed by atoms with van der Waals surface area (Å²) in [4.78, 5) is 27.0. The second-order valence-corrected chi connectivity index (χ2v) is 8.27. The van der Waals surface area contributed by atoms with Crippen LogP contribution in [0.2, 0.25) is 0 Å². The van der Waals surface area contributed by atoms with Gasteiger partial charge in [-0.15, -0.1) is 0 Å². The molecule has 0 aliphatic carbocycles. The van der Waals surface area contributed by atoms with Crippen LogP contribution in [0.5, 0.6) is 0 Å². The van der Waals surface area contributed by atoms with E-state index >= 15 is 0 Å². The number of carbonyl (C=O) groups excluding carboxylic acids is 1. The van der Waals surface area contributed by atoms with Crippen LogP contribution in [-0.4, -0.2) is 22.3 Å². The third-order valence-electron chi connectivity index (χ3n) is 6.03. The van der Waals surface area contributed by atoms with Gasteiger partial charge in [0, 0.05) is 23.4 Å². The first-order valence-electron chi connectivity index (χ1n) is 11.0. The molecule has 4 aromatic rings. The first-order valence-corrected chi connectivity index (χ1v) is 11.0. The number of aromatic nitrogens is 1. The standard InChI is InChI=1S/C29H24FNO3/c1-19-16-23(14-15-31-19)26(25-5-3-2-4-24(25)18-32)12-8-20-6-9-21(10-7-20)22-11-13-27(29(33)34)28(30)17-22/h2-7,9-11,13-18,26H,8,12H2,1H3,(H,33,34). The molecule has 4 nitrogen and oxygen atoms in total. The largest absolute Gasteiger partial charge is 0.478 e. The molecular formula is C29H24FNO3. The van der Waals surface area contributed by atoms with Gasteiger partial charge in [-0.2, -0.15) is 0 Å². The summed E-state index contributed by atoms with van der Waals surface area (Å²) in [5, 5.41) is 9.02. The maximum Gasteiger partial charge on any atom is 0.338 e. The van der Waals surface area contributed by atoms with Crippen molar-refractivity contribution >= 4 is 12.3 Å². The van der Waals surface area contributed by atoms with Crippen molar-refractivity contribution in [1.82, 2.24) is 4.98 Å². The van der Waals surface area contributed by atoms with E-state index in [-0.39, 0.29) is 11.5 Å².